The number of nitrogens with one attached hydrogen (secondary N) is 1. The van der Waals surface area contributed by atoms with E-state index in [4.69, 9.17) is 16.7 Å². The van der Waals surface area contributed by atoms with Gasteiger partial charge in [0, 0.05) is 28.3 Å². The average molecular weight is 338 g/mol. The quantitative estimate of drug-likeness (QED) is 0.599. The number of benzene rings is 2. The first-order valence-corrected chi connectivity index (χ1v) is 8.23. The molecule has 0 aliphatic rings. The number of halogens is 1. The molecule has 0 aliphatic heterocycles. The number of carbonyl (C=O) groups is 2. The summed E-state index contributed by atoms with van der Waals surface area (Å²) in [7, 11) is 0. The summed E-state index contributed by atoms with van der Waals surface area (Å²) in [6, 6.07) is 11.6. The lowest BCUT2D eigenvalue weighted by atomic mass is 10.1. The van der Waals surface area contributed by atoms with Gasteiger partial charge >= 0.3 is 5.97 Å². The van der Waals surface area contributed by atoms with Gasteiger partial charge in [0.1, 0.15) is 0 Å². The topological polar surface area (TPSA) is 66.4 Å². The lowest BCUT2D eigenvalue weighted by Gasteiger charge is -2.08. The number of hydrogen-bond acceptors (Lipinski definition) is 3. The van der Waals surface area contributed by atoms with Gasteiger partial charge in [0.2, 0.25) is 5.91 Å². The Kier molecular flexibility index (Phi) is 6.10. The van der Waals surface area contributed by atoms with Crippen LogP contribution in [-0.2, 0) is 9.59 Å². The van der Waals surface area contributed by atoms with Gasteiger partial charge in [-0.25, -0.2) is 0 Å². The first-order chi connectivity index (χ1) is 10.6. The van der Waals surface area contributed by atoms with E-state index >= 15 is 0 Å². The standard InChI is InChI=1S/C16H16ClNO3S/c17-12-6-1-4-11-5-2-7-13(16(11)12)22-10-14(19)18-9-3-8-15(20)21/h1-2,4-7H,3,8-10H2,(H,18,19)(H,20,21). The molecule has 2 aromatic carbocycles. The number of carbonyl (C=O) groups excluding carboxylic acids is 1. The Hall–Kier alpha value is -1.72. The van der Waals surface area contributed by atoms with E-state index in [9.17, 15) is 9.59 Å². The number of amides is 1. The van der Waals surface area contributed by atoms with Crippen molar-refractivity contribution < 1.29 is 14.7 Å². The van der Waals surface area contributed by atoms with E-state index < -0.39 is 5.97 Å². The lowest BCUT2D eigenvalue weighted by molar-refractivity contribution is -0.137. The zero-order valence-corrected chi connectivity index (χ0v) is 13.4. The van der Waals surface area contributed by atoms with E-state index in [1.165, 1.54) is 11.8 Å². The van der Waals surface area contributed by atoms with Crippen molar-refractivity contribution in [3.63, 3.8) is 0 Å². The summed E-state index contributed by atoms with van der Waals surface area (Å²) in [6.07, 6.45) is 0.498. The van der Waals surface area contributed by atoms with Gasteiger partial charge in [-0.15, -0.1) is 11.8 Å². The number of carboxylic acid groups (broad SMARTS) is 1. The molecule has 0 bridgehead atoms. The highest BCUT2D eigenvalue weighted by molar-refractivity contribution is 8.00. The molecular weight excluding hydrogens is 322 g/mol. The minimum absolute atomic E-state index is 0.0619. The van der Waals surface area contributed by atoms with Crippen molar-refractivity contribution in [3.05, 3.63) is 41.4 Å². The summed E-state index contributed by atoms with van der Waals surface area (Å²) in [6.45, 7) is 0.377. The van der Waals surface area contributed by atoms with Gasteiger partial charge in [0.15, 0.2) is 0 Å². The van der Waals surface area contributed by atoms with Gasteiger partial charge < -0.3 is 10.4 Å². The van der Waals surface area contributed by atoms with Gasteiger partial charge in [-0.1, -0.05) is 35.9 Å². The number of thioether (sulfide) groups is 1. The van der Waals surface area contributed by atoms with Crippen molar-refractivity contribution in [1.29, 1.82) is 0 Å². The van der Waals surface area contributed by atoms with E-state index in [2.05, 4.69) is 5.32 Å². The number of aliphatic carboxylic acids is 1. The highest BCUT2D eigenvalue weighted by Gasteiger charge is 2.08. The molecule has 116 valence electrons. The predicted molar refractivity (Wildman–Crippen MR) is 89.6 cm³/mol. The molecule has 6 heteroatoms. The fourth-order valence-electron chi connectivity index (χ4n) is 2.04. The van der Waals surface area contributed by atoms with Gasteiger partial charge in [-0.3, -0.25) is 9.59 Å². The Morgan fingerprint density at radius 1 is 1.18 bits per heavy atom. The zero-order chi connectivity index (χ0) is 15.9. The largest absolute Gasteiger partial charge is 0.481 e. The van der Waals surface area contributed by atoms with E-state index in [1.807, 2.05) is 36.4 Å². The third-order valence-corrected chi connectivity index (χ3v) is 4.44. The lowest BCUT2D eigenvalue weighted by Crippen LogP contribution is -2.26. The minimum Gasteiger partial charge on any atom is -0.481 e. The first-order valence-electron chi connectivity index (χ1n) is 6.86. The van der Waals surface area contributed by atoms with Crippen LogP contribution in [-0.4, -0.2) is 29.3 Å². The molecule has 2 aromatic rings. The van der Waals surface area contributed by atoms with Crippen molar-refractivity contribution in [2.45, 2.75) is 17.7 Å². The molecule has 0 saturated carbocycles. The van der Waals surface area contributed by atoms with Crippen LogP contribution in [0.2, 0.25) is 5.02 Å². The molecule has 0 spiro atoms. The summed E-state index contributed by atoms with van der Waals surface area (Å²) in [5.74, 6) is -0.689. The molecule has 0 fully saturated rings. The molecule has 22 heavy (non-hydrogen) atoms. The monoisotopic (exact) mass is 337 g/mol. The Morgan fingerprint density at radius 3 is 2.64 bits per heavy atom. The molecule has 0 atom stereocenters. The van der Waals surface area contributed by atoms with Crippen LogP contribution in [0.3, 0.4) is 0 Å². The minimum atomic E-state index is -0.853. The molecule has 4 nitrogen and oxygen atoms in total. The van der Waals surface area contributed by atoms with E-state index in [1.54, 1.807) is 0 Å². The molecular formula is C16H16ClNO3S. The molecule has 0 radical (unpaired) electrons. The van der Waals surface area contributed by atoms with Crippen LogP contribution in [0.5, 0.6) is 0 Å². The second-order valence-electron chi connectivity index (χ2n) is 4.73. The van der Waals surface area contributed by atoms with Crippen LogP contribution in [0.25, 0.3) is 10.8 Å². The fraction of sp³-hybridized carbons (Fsp3) is 0.250. The number of carboxylic acids is 1. The molecule has 0 saturated heterocycles. The predicted octanol–water partition coefficient (Wildman–Crippen LogP) is 3.57. The van der Waals surface area contributed by atoms with Crippen LogP contribution in [0, 0.1) is 0 Å². The molecule has 2 N–H and O–H groups in total. The summed E-state index contributed by atoms with van der Waals surface area (Å²) in [4.78, 5) is 23.1. The van der Waals surface area contributed by atoms with Crippen LogP contribution in [0.1, 0.15) is 12.8 Å². The summed E-state index contributed by atoms with van der Waals surface area (Å²) >= 11 is 7.66. The van der Waals surface area contributed by atoms with Gasteiger partial charge in [0.05, 0.1) is 5.75 Å². The van der Waals surface area contributed by atoms with E-state index in [0.717, 1.165) is 15.7 Å². The van der Waals surface area contributed by atoms with Crippen molar-refractivity contribution in [2.24, 2.45) is 0 Å². The van der Waals surface area contributed by atoms with Crippen molar-refractivity contribution in [2.75, 3.05) is 12.3 Å². The summed E-state index contributed by atoms with van der Waals surface area (Å²) in [5.41, 5.74) is 0. The van der Waals surface area contributed by atoms with Crippen LogP contribution in [0.15, 0.2) is 41.3 Å². The summed E-state index contributed by atoms with van der Waals surface area (Å²) in [5, 5.41) is 13.9. The SMILES string of the molecule is O=C(O)CCCNC(=O)CSc1cccc2cccc(Cl)c12. The number of fused-ring (bicyclic) bond motifs is 1. The average Bonchev–Trinajstić information content (AvgIpc) is 2.49. The third kappa shape index (κ3) is 4.64. The molecule has 0 aliphatic carbocycles. The van der Waals surface area contributed by atoms with E-state index in [0.29, 0.717) is 18.0 Å². The fourth-order valence-corrected chi connectivity index (χ4v) is 3.32. The second-order valence-corrected chi connectivity index (χ2v) is 6.15. The Bertz CT molecular complexity index is 685. The smallest absolute Gasteiger partial charge is 0.303 e. The first kappa shape index (κ1) is 16.6. The summed E-state index contributed by atoms with van der Waals surface area (Å²) < 4.78 is 0. The highest BCUT2D eigenvalue weighted by Crippen LogP contribution is 2.32. The second kappa shape index (κ2) is 8.06. The Labute approximate surface area is 137 Å². The van der Waals surface area contributed by atoms with E-state index in [-0.39, 0.29) is 18.1 Å². The maximum absolute atomic E-state index is 11.8. The molecule has 0 unspecified atom stereocenters. The molecule has 0 aromatic heterocycles. The van der Waals surface area contributed by atoms with Gasteiger partial charge in [0.25, 0.3) is 0 Å². The van der Waals surface area contributed by atoms with Crippen LogP contribution >= 0.6 is 23.4 Å². The molecule has 2 rings (SSSR count). The normalized spacial score (nSPS) is 10.6. The molecule has 0 heterocycles. The van der Waals surface area contributed by atoms with Crippen molar-refractivity contribution in [3.8, 4) is 0 Å². The molecule has 1 amide bonds. The Morgan fingerprint density at radius 2 is 1.91 bits per heavy atom. The van der Waals surface area contributed by atoms with Crippen molar-refractivity contribution >= 4 is 46.0 Å². The van der Waals surface area contributed by atoms with Crippen LogP contribution < -0.4 is 5.32 Å². The number of hydrogen-bond donors (Lipinski definition) is 2. The van der Waals surface area contributed by atoms with Crippen molar-refractivity contribution in [1.82, 2.24) is 5.32 Å². The van der Waals surface area contributed by atoms with Gasteiger partial charge in [-0.05, 0) is 23.9 Å². The maximum atomic E-state index is 11.8. The number of rotatable bonds is 7. The Balaban J connectivity index is 1.92. The maximum Gasteiger partial charge on any atom is 0.303 e. The third-order valence-electron chi connectivity index (χ3n) is 3.06. The highest BCUT2D eigenvalue weighted by atomic mass is 35.5. The van der Waals surface area contributed by atoms with Gasteiger partial charge in [-0.2, -0.15) is 0 Å². The van der Waals surface area contributed by atoms with Crippen LogP contribution in [0.4, 0.5) is 0 Å². The zero-order valence-electron chi connectivity index (χ0n) is 11.8.